The molecule has 29 heavy (non-hydrogen) atoms. The molecule has 2 bridgehead atoms. The summed E-state index contributed by atoms with van der Waals surface area (Å²) in [6.45, 7) is 3.95. The van der Waals surface area contributed by atoms with Crippen LogP contribution in [0.15, 0.2) is 12.1 Å². The first kappa shape index (κ1) is 23.7. The Morgan fingerprint density at radius 3 is 2.62 bits per heavy atom. The number of ether oxygens (including phenoxy) is 1. The lowest BCUT2D eigenvalue weighted by Gasteiger charge is -2.36. The molecule has 5 nitrogen and oxygen atoms in total. The van der Waals surface area contributed by atoms with E-state index < -0.39 is 0 Å². The summed E-state index contributed by atoms with van der Waals surface area (Å²) in [5.74, 6) is 6.42. The summed E-state index contributed by atoms with van der Waals surface area (Å²) in [6, 6.07) is 4.55. The second-order valence-electron chi connectivity index (χ2n) is 7.90. The van der Waals surface area contributed by atoms with Crippen molar-refractivity contribution in [1.29, 1.82) is 0 Å². The van der Waals surface area contributed by atoms with Crippen LogP contribution in [0.4, 0.5) is 5.69 Å². The molecule has 160 valence electrons. The monoisotopic (exact) mass is 439 g/mol. The number of amides is 1. The van der Waals surface area contributed by atoms with Crippen molar-refractivity contribution in [3.8, 4) is 17.6 Å². The Bertz CT molecular complexity index is 776. The molecule has 1 aromatic rings. The maximum atomic E-state index is 13.0. The van der Waals surface area contributed by atoms with Crippen LogP contribution >= 0.6 is 24.0 Å². The topological polar surface area (TPSA) is 67.6 Å². The molecule has 3 rings (SSSR count). The minimum Gasteiger partial charge on any atom is -0.489 e. The predicted molar refractivity (Wildman–Crippen MR) is 121 cm³/mol. The van der Waals surface area contributed by atoms with Crippen molar-refractivity contribution < 1.29 is 9.53 Å². The zero-order valence-corrected chi connectivity index (χ0v) is 18.9. The van der Waals surface area contributed by atoms with Crippen LogP contribution in [0, 0.1) is 11.8 Å². The van der Waals surface area contributed by atoms with E-state index in [0.29, 0.717) is 40.5 Å². The highest BCUT2D eigenvalue weighted by molar-refractivity contribution is 6.33. The van der Waals surface area contributed by atoms with Crippen molar-refractivity contribution in [2.45, 2.75) is 76.6 Å². The number of nitrogens with zero attached hydrogens (tertiary/aromatic N) is 1. The Balaban J connectivity index is 0.00000300. The Hall–Kier alpha value is -1.61. The van der Waals surface area contributed by atoms with Gasteiger partial charge in [-0.2, -0.15) is 0 Å². The minimum atomic E-state index is -0.155. The van der Waals surface area contributed by atoms with Gasteiger partial charge < -0.3 is 20.7 Å². The number of nitrogens with one attached hydrogen (secondary N) is 1. The Labute approximate surface area is 185 Å². The SMILES string of the molecule is CCC#CCC(C)Oc1cc(N)c(Cl)cc1C(=O)NC1CC2CCC(C1)N2C.Cl. The summed E-state index contributed by atoms with van der Waals surface area (Å²) in [4.78, 5) is 15.5. The fourth-order valence-corrected chi connectivity index (χ4v) is 4.40. The van der Waals surface area contributed by atoms with E-state index in [9.17, 15) is 4.79 Å². The van der Waals surface area contributed by atoms with E-state index in [1.54, 1.807) is 12.1 Å². The fraction of sp³-hybridized carbons (Fsp3) is 0.591. The van der Waals surface area contributed by atoms with Gasteiger partial charge in [0.2, 0.25) is 0 Å². The number of carbonyl (C=O) groups is 1. The summed E-state index contributed by atoms with van der Waals surface area (Å²) < 4.78 is 6.00. The molecule has 7 heteroatoms. The van der Waals surface area contributed by atoms with Gasteiger partial charge in [0.15, 0.2) is 0 Å². The van der Waals surface area contributed by atoms with E-state index in [0.717, 1.165) is 19.3 Å². The normalized spacial score (nSPS) is 24.1. The summed E-state index contributed by atoms with van der Waals surface area (Å²) >= 11 is 6.20. The number of benzene rings is 1. The molecule has 3 unspecified atom stereocenters. The molecular weight excluding hydrogens is 409 g/mol. The number of hydrogen-bond acceptors (Lipinski definition) is 4. The quantitative estimate of drug-likeness (QED) is 0.530. The molecule has 0 aromatic heterocycles. The lowest BCUT2D eigenvalue weighted by atomic mass is 9.97. The fourth-order valence-electron chi connectivity index (χ4n) is 4.24. The number of rotatable bonds is 5. The third-order valence-electron chi connectivity index (χ3n) is 5.80. The molecule has 2 aliphatic heterocycles. The van der Waals surface area contributed by atoms with Gasteiger partial charge in [-0.1, -0.05) is 24.4 Å². The number of piperidine rings is 1. The van der Waals surface area contributed by atoms with Crippen LogP contribution in [0.5, 0.6) is 5.75 Å². The molecule has 2 saturated heterocycles. The molecular formula is C22H31Cl2N3O2. The van der Waals surface area contributed by atoms with E-state index in [1.165, 1.54) is 12.8 Å². The second-order valence-corrected chi connectivity index (χ2v) is 8.31. The van der Waals surface area contributed by atoms with Crippen LogP contribution in [0.25, 0.3) is 0 Å². The first-order valence-corrected chi connectivity index (χ1v) is 10.5. The lowest BCUT2D eigenvalue weighted by molar-refractivity contribution is 0.0876. The van der Waals surface area contributed by atoms with Gasteiger partial charge in [0.25, 0.3) is 5.91 Å². The van der Waals surface area contributed by atoms with Gasteiger partial charge >= 0.3 is 0 Å². The summed E-state index contributed by atoms with van der Waals surface area (Å²) in [7, 11) is 2.19. The average Bonchev–Trinajstić information content (AvgIpc) is 2.86. The summed E-state index contributed by atoms with van der Waals surface area (Å²) in [6.07, 6.45) is 5.66. The van der Waals surface area contributed by atoms with Gasteiger partial charge in [0.05, 0.1) is 16.3 Å². The molecule has 3 N–H and O–H groups in total. The number of fused-ring (bicyclic) bond motifs is 2. The predicted octanol–water partition coefficient (Wildman–Crippen LogP) is 4.27. The van der Waals surface area contributed by atoms with Crippen molar-refractivity contribution in [3.05, 3.63) is 22.7 Å². The third-order valence-corrected chi connectivity index (χ3v) is 6.12. The van der Waals surface area contributed by atoms with Gasteiger partial charge in [-0.15, -0.1) is 18.3 Å². The first-order chi connectivity index (χ1) is 13.4. The third kappa shape index (κ3) is 5.72. The number of carbonyl (C=O) groups excluding carboxylic acids is 1. The second kappa shape index (κ2) is 10.4. The van der Waals surface area contributed by atoms with E-state index in [1.807, 2.05) is 13.8 Å². The van der Waals surface area contributed by atoms with Crippen LogP contribution in [0.1, 0.15) is 62.7 Å². The van der Waals surface area contributed by atoms with E-state index in [-0.39, 0.29) is 30.5 Å². The van der Waals surface area contributed by atoms with Crippen LogP contribution in [0.3, 0.4) is 0 Å². The number of nitrogen functional groups attached to an aromatic ring is 1. The minimum absolute atomic E-state index is 0. The number of nitrogens with two attached hydrogens (primary N) is 1. The van der Waals surface area contributed by atoms with Gasteiger partial charge in [-0.3, -0.25) is 4.79 Å². The summed E-state index contributed by atoms with van der Waals surface area (Å²) in [5.41, 5.74) is 6.79. The molecule has 0 aliphatic carbocycles. The van der Waals surface area contributed by atoms with Crippen LogP contribution in [0.2, 0.25) is 5.02 Å². The highest BCUT2D eigenvalue weighted by Crippen LogP contribution is 2.35. The van der Waals surface area contributed by atoms with Crippen molar-refractivity contribution in [3.63, 3.8) is 0 Å². The maximum Gasteiger partial charge on any atom is 0.255 e. The number of anilines is 1. The zero-order valence-electron chi connectivity index (χ0n) is 17.3. The standard InChI is InChI=1S/C22H30ClN3O2.ClH/c1-4-5-6-7-14(2)28-21-13-20(24)19(23)12-18(21)22(27)25-15-10-16-8-9-17(11-15)26(16)3;/h12-17H,4,7-11,24H2,1-3H3,(H,25,27);1H. The van der Waals surface area contributed by atoms with Gasteiger partial charge in [-0.25, -0.2) is 0 Å². The molecule has 0 spiro atoms. The lowest BCUT2D eigenvalue weighted by Crippen LogP contribution is -2.48. The molecule has 0 saturated carbocycles. The van der Waals surface area contributed by atoms with Gasteiger partial charge in [0, 0.05) is 37.0 Å². The smallest absolute Gasteiger partial charge is 0.255 e. The highest BCUT2D eigenvalue weighted by Gasteiger charge is 2.39. The molecule has 3 atom stereocenters. The van der Waals surface area contributed by atoms with Gasteiger partial charge in [0.1, 0.15) is 11.9 Å². The molecule has 1 aromatic carbocycles. The Morgan fingerprint density at radius 1 is 1.34 bits per heavy atom. The van der Waals surface area contributed by atoms with E-state index in [4.69, 9.17) is 22.1 Å². The summed E-state index contributed by atoms with van der Waals surface area (Å²) in [5, 5.41) is 3.56. The number of hydrogen-bond donors (Lipinski definition) is 2. The molecule has 0 radical (unpaired) electrons. The molecule has 2 heterocycles. The van der Waals surface area contributed by atoms with Crippen LogP contribution in [-0.2, 0) is 0 Å². The maximum absolute atomic E-state index is 13.0. The first-order valence-electron chi connectivity index (χ1n) is 10.1. The number of halogens is 2. The molecule has 1 amide bonds. The van der Waals surface area contributed by atoms with Crippen molar-refractivity contribution in [2.24, 2.45) is 0 Å². The van der Waals surface area contributed by atoms with E-state index >= 15 is 0 Å². The largest absolute Gasteiger partial charge is 0.489 e. The zero-order chi connectivity index (χ0) is 20.3. The molecule has 2 aliphatic rings. The molecule has 2 fully saturated rings. The van der Waals surface area contributed by atoms with Crippen LogP contribution in [-0.4, -0.2) is 42.1 Å². The Morgan fingerprint density at radius 2 is 2.00 bits per heavy atom. The van der Waals surface area contributed by atoms with E-state index in [2.05, 4.69) is 29.1 Å². The average molecular weight is 440 g/mol. The van der Waals surface area contributed by atoms with Crippen molar-refractivity contribution >= 4 is 35.6 Å². The van der Waals surface area contributed by atoms with Crippen molar-refractivity contribution in [1.82, 2.24) is 10.2 Å². The van der Waals surface area contributed by atoms with Crippen LogP contribution < -0.4 is 15.8 Å². The van der Waals surface area contributed by atoms with Crippen molar-refractivity contribution in [2.75, 3.05) is 12.8 Å². The highest BCUT2D eigenvalue weighted by atomic mass is 35.5. The van der Waals surface area contributed by atoms with Gasteiger partial charge in [-0.05, 0) is 45.7 Å². The Kier molecular flexibility index (Phi) is 8.51.